The molecule has 0 saturated heterocycles. The molecule has 1 aromatic heterocycles. The number of fused-ring (bicyclic) bond motifs is 1. The number of unbranched alkanes of at least 4 members (excludes halogenated alkanes) is 10. The SMILES string of the molecule is CCCCCCCCOc1ccc(OCCCCCCCC)c(-c2nc3ccc(C)cc3[nH]2)c1. The van der Waals surface area contributed by atoms with Gasteiger partial charge in [-0.2, -0.15) is 0 Å². The number of imidazole rings is 1. The van der Waals surface area contributed by atoms with Gasteiger partial charge in [-0.25, -0.2) is 4.98 Å². The van der Waals surface area contributed by atoms with E-state index in [-0.39, 0.29) is 0 Å². The van der Waals surface area contributed by atoms with E-state index in [4.69, 9.17) is 14.5 Å². The predicted molar refractivity (Wildman–Crippen MR) is 144 cm³/mol. The van der Waals surface area contributed by atoms with Gasteiger partial charge in [0.15, 0.2) is 0 Å². The first-order valence-corrected chi connectivity index (χ1v) is 13.6. The molecule has 0 atom stereocenters. The normalized spacial score (nSPS) is 11.3. The molecular weight excluding hydrogens is 420 g/mol. The monoisotopic (exact) mass is 464 g/mol. The van der Waals surface area contributed by atoms with Gasteiger partial charge in [0.1, 0.15) is 17.3 Å². The Morgan fingerprint density at radius 1 is 0.706 bits per heavy atom. The van der Waals surface area contributed by atoms with Crippen molar-refractivity contribution >= 4 is 11.0 Å². The van der Waals surface area contributed by atoms with Gasteiger partial charge in [-0.3, -0.25) is 0 Å². The van der Waals surface area contributed by atoms with Crippen LogP contribution in [-0.2, 0) is 0 Å². The molecule has 0 saturated carbocycles. The van der Waals surface area contributed by atoms with E-state index in [1.807, 2.05) is 12.1 Å². The second-order valence-corrected chi connectivity index (χ2v) is 9.50. The highest BCUT2D eigenvalue weighted by atomic mass is 16.5. The molecule has 34 heavy (non-hydrogen) atoms. The Balaban J connectivity index is 1.65. The lowest BCUT2D eigenvalue weighted by Crippen LogP contribution is -2.01. The highest BCUT2D eigenvalue weighted by Crippen LogP contribution is 2.33. The fraction of sp³-hybridized carbons (Fsp3) is 0.567. The average Bonchev–Trinajstić information content (AvgIpc) is 3.26. The smallest absolute Gasteiger partial charge is 0.142 e. The molecule has 0 bridgehead atoms. The number of aromatic nitrogens is 2. The molecule has 0 aliphatic heterocycles. The van der Waals surface area contributed by atoms with Crippen LogP contribution in [0.25, 0.3) is 22.4 Å². The first-order chi connectivity index (χ1) is 16.7. The largest absolute Gasteiger partial charge is 0.494 e. The summed E-state index contributed by atoms with van der Waals surface area (Å²) >= 11 is 0. The number of aryl methyl sites for hydroxylation is 1. The Morgan fingerprint density at radius 3 is 2.06 bits per heavy atom. The Kier molecular flexibility index (Phi) is 11.3. The number of rotatable bonds is 17. The van der Waals surface area contributed by atoms with Crippen molar-refractivity contribution in [3.8, 4) is 22.9 Å². The maximum Gasteiger partial charge on any atom is 0.142 e. The van der Waals surface area contributed by atoms with Gasteiger partial charge in [-0.1, -0.05) is 84.1 Å². The molecule has 0 unspecified atom stereocenters. The third kappa shape index (κ3) is 8.38. The summed E-state index contributed by atoms with van der Waals surface area (Å²) in [7, 11) is 0. The summed E-state index contributed by atoms with van der Waals surface area (Å²) < 4.78 is 12.3. The van der Waals surface area contributed by atoms with Crippen LogP contribution in [0.5, 0.6) is 11.5 Å². The Bertz CT molecular complexity index is 979. The second kappa shape index (κ2) is 14.7. The fourth-order valence-electron chi connectivity index (χ4n) is 4.30. The van der Waals surface area contributed by atoms with Crippen molar-refractivity contribution in [2.45, 2.75) is 97.8 Å². The number of aromatic amines is 1. The minimum absolute atomic E-state index is 0.733. The summed E-state index contributed by atoms with van der Waals surface area (Å²) in [5.74, 6) is 2.59. The molecule has 0 aliphatic rings. The summed E-state index contributed by atoms with van der Waals surface area (Å²) in [6.45, 7) is 8.10. The summed E-state index contributed by atoms with van der Waals surface area (Å²) in [6.07, 6.45) is 15.1. The first-order valence-electron chi connectivity index (χ1n) is 13.6. The van der Waals surface area contributed by atoms with E-state index in [1.54, 1.807) is 0 Å². The van der Waals surface area contributed by atoms with E-state index in [0.717, 1.165) is 60.0 Å². The second-order valence-electron chi connectivity index (χ2n) is 9.50. The maximum absolute atomic E-state index is 6.24. The molecule has 2 aromatic carbocycles. The summed E-state index contributed by atoms with van der Waals surface area (Å²) in [5.41, 5.74) is 4.22. The van der Waals surface area contributed by atoms with Crippen molar-refractivity contribution in [3.05, 3.63) is 42.0 Å². The number of benzene rings is 2. The molecule has 0 spiro atoms. The zero-order chi connectivity index (χ0) is 24.0. The number of ether oxygens (including phenoxy) is 2. The fourth-order valence-corrected chi connectivity index (χ4v) is 4.30. The molecule has 1 heterocycles. The number of H-pyrrole nitrogens is 1. The average molecular weight is 465 g/mol. The Labute approximate surface area is 206 Å². The molecule has 4 heteroatoms. The van der Waals surface area contributed by atoms with E-state index in [0.29, 0.717) is 0 Å². The summed E-state index contributed by atoms with van der Waals surface area (Å²) in [5, 5.41) is 0. The highest BCUT2D eigenvalue weighted by Gasteiger charge is 2.13. The van der Waals surface area contributed by atoms with Crippen molar-refractivity contribution in [1.82, 2.24) is 9.97 Å². The summed E-state index contributed by atoms with van der Waals surface area (Å²) in [6, 6.07) is 12.5. The lowest BCUT2D eigenvalue weighted by atomic mass is 10.1. The standard InChI is InChI=1S/C30H44N2O2/c1-4-6-8-10-12-14-20-33-25-17-19-29(34-21-15-13-11-9-7-5-2)26(23-25)30-31-27-18-16-24(3)22-28(27)32-30/h16-19,22-23H,4-15,20-21H2,1-3H3,(H,31,32). The van der Waals surface area contributed by atoms with Crippen LogP contribution in [0.3, 0.4) is 0 Å². The predicted octanol–water partition coefficient (Wildman–Crippen LogP) is 9.02. The molecule has 1 N–H and O–H groups in total. The van der Waals surface area contributed by atoms with Crippen molar-refractivity contribution in [3.63, 3.8) is 0 Å². The highest BCUT2D eigenvalue weighted by molar-refractivity contribution is 5.81. The van der Waals surface area contributed by atoms with Crippen LogP contribution in [0, 0.1) is 6.92 Å². The van der Waals surface area contributed by atoms with E-state index in [9.17, 15) is 0 Å². The van der Waals surface area contributed by atoms with Crippen molar-refractivity contribution in [1.29, 1.82) is 0 Å². The lowest BCUT2D eigenvalue weighted by Gasteiger charge is -2.13. The van der Waals surface area contributed by atoms with Crippen molar-refractivity contribution < 1.29 is 9.47 Å². The molecule has 0 amide bonds. The minimum Gasteiger partial charge on any atom is -0.494 e. The van der Waals surface area contributed by atoms with E-state index < -0.39 is 0 Å². The van der Waals surface area contributed by atoms with Crippen LogP contribution in [0.4, 0.5) is 0 Å². The molecule has 0 fully saturated rings. The zero-order valence-corrected chi connectivity index (χ0v) is 21.6. The van der Waals surface area contributed by atoms with Gasteiger partial charge < -0.3 is 14.5 Å². The van der Waals surface area contributed by atoms with Gasteiger partial charge >= 0.3 is 0 Å². The van der Waals surface area contributed by atoms with Gasteiger partial charge in [0.05, 0.1) is 29.8 Å². The van der Waals surface area contributed by atoms with Crippen LogP contribution in [0.15, 0.2) is 36.4 Å². The molecule has 0 radical (unpaired) electrons. The third-order valence-electron chi connectivity index (χ3n) is 6.37. The molecule has 186 valence electrons. The van der Waals surface area contributed by atoms with Crippen molar-refractivity contribution in [2.24, 2.45) is 0 Å². The topological polar surface area (TPSA) is 47.1 Å². The Hall–Kier alpha value is -2.49. The number of nitrogens with one attached hydrogen (secondary N) is 1. The van der Waals surface area contributed by atoms with Crippen LogP contribution in [-0.4, -0.2) is 23.2 Å². The third-order valence-corrected chi connectivity index (χ3v) is 6.37. The minimum atomic E-state index is 0.733. The number of hydrogen-bond acceptors (Lipinski definition) is 3. The van der Waals surface area contributed by atoms with Crippen LogP contribution in [0.2, 0.25) is 0 Å². The molecule has 3 aromatic rings. The number of hydrogen-bond donors (Lipinski definition) is 1. The van der Waals surface area contributed by atoms with Crippen LogP contribution in [0.1, 0.15) is 96.5 Å². The molecule has 3 rings (SSSR count). The van der Waals surface area contributed by atoms with Gasteiger partial charge in [0.2, 0.25) is 0 Å². The van der Waals surface area contributed by atoms with E-state index >= 15 is 0 Å². The number of nitrogens with zero attached hydrogens (tertiary/aromatic N) is 1. The van der Waals surface area contributed by atoms with Crippen molar-refractivity contribution in [2.75, 3.05) is 13.2 Å². The quantitative estimate of drug-likeness (QED) is 0.203. The van der Waals surface area contributed by atoms with Gasteiger partial charge in [-0.15, -0.1) is 0 Å². The molecule has 0 aliphatic carbocycles. The molecule has 4 nitrogen and oxygen atoms in total. The lowest BCUT2D eigenvalue weighted by molar-refractivity contribution is 0.297. The van der Waals surface area contributed by atoms with Gasteiger partial charge in [0.25, 0.3) is 0 Å². The van der Waals surface area contributed by atoms with E-state index in [1.165, 1.54) is 69.8 Å². The first kappa shape index (κ1) is 26.1. The summed E-state index contributed by atoms with van der Waals surface area (Å²) in [4.78, 5) is 8.35. The van der Waals surface area contributed by atoms with Crippen LogP contribution < -0.4 is 9.47 Å². The van der Waals surface area contributed by atoms with Gasteiger partial charge in [-0.05, 0) is 55.7 Å². The van der Waals surface area contributed by atoms with Crippen LogP contribution >= 0.6 is 0 Å². The van der Waals surface area contributed by atoms with E-state index in [2.05, 4.69) is 50.0 Å². The maximum atomic E-state index is 6.24. The Morgan fingerprint density at radius 2 is 1.35 bits per heavy atom. The molecular formula is C30H44N2O2. The zero-order valence-electron chi connectivity index (χ0n) is 21.6. The van der Waals surface area contributed by atoms with Gasteiger partial charge in [0, 0.05) is 0 Å².